The molecule has 110 valence electrons. The van der Waals surface area contributed by atoms with Gasteiger partial charge in [0.2, 0.25) is 0 Å². The van der Waals surface area contributed by atoms with E-state index in [1.807, 2.05) is 19.1 Å². The summed E-state index contributed by atoms with van der Waals surface area (Å²) in [7, 11) is 6.68. The summed E-state index contributed by atoms with van der Waals surface area (Å²) in [5.74, 6) is 1.03. The molecule has 0 unspecified atom stereocenters. The van der Waals surface area contributed by atoms with Gasteiger partial charge in [0.1, 0.15) is 11.5 Å². The van der Waals surface area contributed by atoms with Gasteiger partial charge in [0.25, 0.3) is 0 Å². The Balaban J connectivity index is 2.54. The van der Waals surface area contributed by atoms with Crippen molar-refractivity contribution in [2.24, 2.45) is 0 Å². The molecule has 1 aromatic rings. The summed E-state index contributed by atoms with van der Waals surface area (Å²) in [4.78, 5) is 0. The maximum atomic E-state index is 5.51. The van der Waals surface area contributed by atoms with E-state index in [2.05, 4.69) is 6.08 Å². The van der Waals surface area contributed by atoms with Gasteiger partial charge in [-0.25, -0.2) is 0 Å². The number of hydrogen-bond acceptors (Lipinski definition) is 4. The third-order valence-electron chi connectivity index (χ3n) is 4.04. The third-order valence-corrected chi connectivity index (χ3v) is 4.04. The number of hydrogen-bond donors (Lipinski definition) is 0. The second-order valence-electron chi connectivity index (χ2n) is 4.89. The van der Waals surface area contributed by atoms with Crippen LogP contribution in [0.5, 0.6) is 11.5 Å². The molecular formula is C16H22O4. The van der Waals surface area contributed by atoms with Crippen LogP contribution in [-0.2, 0) is 15.9 Å². The molecule has 20 heavy (non-hydrogen) atoms. The summed E-state index contributed by atoms with van der Waals surface area (Å²) < 4.78 is 21.9. The minimum absolute atomic E-state index is 0.703. The highest BCUT2D eigenvalue weighted by Gasteiger charge is 2.31. The van der Waals surface area contributed by atoms with Crippen LogP contribution in [0.2, 0.25) is 0 Å². The topological polar surface area (TPSA) is 36.9 Å². The van der Waals surface area contributed by atoms with Gasteiger partial charge in [-0.15, -0.1) is 0 Å². The zero-order valence-corrected chi connectivity index (χ0v) is 12.8. The zero-order chi connectivity index (χ0) is 14.8. The van der Waals surface area contributed by atoms with Crippen LogP contribution in [0.15, 0.2) is 17.7 Å². The Morgan fingerprint density at radius 2 is 1.50 bits per heavy atom. The van der Waals surface area contributed by atoms with Gasteiger partial charge in [0.05, 0.1) is 14.2 Å². The van der Waals surface area contributed by atoms with E-state index in [1.165, 1.54) is 5.56 Å². The maximum absolute atomic E-state index is 5.51. The number of ether oxygens (including phenoxy) is 4. The molecule has 0 bridgehead atoms. The van der Waals surface area contributed by atoms with Crippen molar-refractivity contribution in [2.45, 2.75) is 25.6 Å². The normalized spacial score (nSPS) is 14.6. The summed E-state index contributed by atoms with van der Waals surface area (Å²) in [6.07, 6.45) is 3.84. The van der Waals surface area contributed by atoms with Crippen molar-refractivity contribution in [3.8, 4) is 11.5 Å². The van der Waals surface area contributed by atoms with Gasteiger partial charge in [0, 0.05) is 25.3 Å². The lowest BCUT2D eigenvalue weighted by Gasteiger charge is -2.32. The Kier molecular flexibility index (Phi) is 4.35. The number of benzene rings is 1. The Morgan fingerprint density at radius 3 is 2.05 bits per heavy atom. The molecule has 0 fully saturated rings. The SMILES string of the molecule is COc1ccc(OC)c2c1C=C(C(C)(OC)OC)CC2. The van der Waals surface area contributed by atoms with Crippen molar-refractivity contribution in [3.63, 3.8) is 0 Å². The first-order valence-electron chi connectivity index (χ1n) is 6.64. The van der Waals surface area contributed by atoms with Crippen molar-refractivity contribution in [3.05, 3.63) is 28.8 Å². The molecule has 2 rings (SSSR count). The predicted molar refractivity (Wildman–Crippen MR) is 78.3 cm³/mol. The molecule has 1 aliphatic rings. The third kappa shape index (κ3) is 2.41. The smallest absolute Gasteiger partial charge is 0.187 e. The molecule has 0 N–H and O–H groups in total. The molecule has 1 aliphatic carbocycles. The van der Waals surface area contributed by atoms with E-state index in [0.29, 0.717) is 0 Å². The van der Waals surface area contributed by atoms with Crippen LogP contribution in [0.25, 0.3) is 6.08 Å². The summed E-state index contributed by atoms with van der Waals surface area (Å²) >= 11 is 0. The molecule has 0 saturated carbocycles. The van der Waals surface area contributed by atoms with Crippen molar-refractivity contribution < 1.29 is 18.9 Å². The maximum Gasteiger partial charge on any atom is 0.187 e. The van der Waals surface area contributed by atoms with Crippen LogP contribution in [0.4, 0.5) is 0 Å². The standard InChI is InChI=1S/C16H22O4/c1-16(19-4,20-5)11-6-7-12-13(10-11)15(18-3)9-8-14(12)17-2/h8-10H,6-7H2,1-5H3. The Labute approximate surface area is 120 Å². The minimum Gasteiger partial charge on any atom is -0.496 e. The average molecular weight is 278 g/mol. The van der Waals surface area contributed by atoms with Crippen LogP contribution in [0.3, 0.4) is 0 Å². The highest BCUT2D eigenvalue weighted by atomic mass is 16.7. The number of methoxy groups -OCH3 is 4. The highest BCUT2D eigenvalue weighted by molar-refractivity contribution is 5.69. The van der Waals surface area contributed by atoms with Crippen molar-refractivity contribution in [2.75, 3.05) is 28.4 Å². The summed E-state index contributed by atoms with van der Waals surface area (Å²) in [5, 5.41) is 0. The molecule has 0 spiro atoms. The van der Waals surface area contributed by atoms with E-state index in [-0.39, 0.29) is 0 Å². The predicted octanol–water partition coefficient (Wildman–Crippen LogP) is 3.04. The molecule has 4 nitrogen and oxygen atoms in total. The fraction of sp³-hybridized carbons (Fsp3) is 0.500. The second-order valence-corrected chi connectivity index (χ2v) is 4.89. The van der Waals surface area contributed by atoms with Crippen LogP contribution < -0.4 is 9.47 Å². The molecule has 0 aliphatic heterocycles. The first-order valence-corrected chi connectivity index (χ1v) is 6.64. The lowest BCUT2D eigenvalue weighted by Crippen LogP contribution is -2.33. The molecule has 1 aromatic carbocycles. The van der Waals surface area contributed by atoms with E-state index < -0.39 is 5.79 Å². The quantitative estimate of drug-likeness (QED) is 0.776. The fourth-order valence-electron chi connectivity index (χ4n) is 2.62. The molecule has 0 radical (unpaired) electrons. The Hall–Kier alpha value is -1.52. The molecule has 0 amide bonds. The molecule has 0 aromatic heterocycles. The van der Waals surface area contributed by atoms with Gasteiger partial charge in [-0.05, 0) is 43.5 Å². The summed E-state index contributed by atoms with van der Waals surface area (Å²) in [5.41, 5.74) is 3.32. The van der Waals surface area contributed by atoms with E-state index in [0.717, 1.165) is 35.5 Å². The van der Waals surface area contributed by atoms with E-state index in [9.17, 15) is 0 Å². The van der Waals surface area contributed by atoms with Crippen LogP contribution in [0.1, 0.15) is 24.5 Å². The molecule has 0 atom stereocenters. The van der Waals surface area contributed by atoms with Crippen LogP contribution in [-0.4, -0.2) is 34.2 Å². The average Bonchev–Trinajstić information content (AvgIpc) is 2.52. The highest BCUT2D eigenvalue weighted by Crippen LogP contribution is 2.40. The molecule has 0 saturated heterocycles. The van der Waals surface area contributed by atoms with Gasteiger partial charge in [-0.1, -0.05) is 0 Å². The van der Waals surface area contributed by atoms with Gasteiger partial charge in [0.15, 0.2) is 5.79 Å². The van der Waals surface area contributed by atoms with Gasteiger partial charge >= 0.3 is 0 Å². The first-order chi connectivity index (χ1) is 9.59. The number of rotatable bonds is 5. The monoisotopic (exact) mass is 278 g/mol. The van der Waals surface area contributed by atoms with Crippen molar-refractivity contribution >= 4 is 6.08 Å². The number of fused-ring (bicyclic) bond motifs is 1. The lowest BCUT2D eigenvalue weighted by molar-refractivity contribution is -0.165. The van der Waals surface area contributed by atoms with Crippen LogP contribution in [0, 0.1) is 0 Å². The van der Waals surface area contributed by atoms with Gasteiger partial charge in [-0.2, -0.15) is 0 Å². The molecule has 0 heterocycles. The molecular weight excluding hydrogens is 256 g/mol. The van der Waals surface area contributed by atoms with E-state index >= 15 is 0 Å². The van der Waals surface area contributed by atoms with Gasteiger partial charge in [-0.3, -0.25) is 0 Å². The largest absolute Gasteiger partial charge is 0.496 e. The zero-order valence-electron chi connectivity index (χ0n) is 12.8. The fourth-order valence-corrected chi connectivity index (χ4v) is 2.62. The van der Waals surface area contributed by atoms with Crippen molar-refractivity contribution in [1.82, 2.24) is 0 Å². The first kappa shape index (κ1) is 14.9. The molecule has 4 heteroatoms. The minimum atomic E-state index is -0.703. The lowest BCUT2D eigenvalue weighted by atomic mass is 9.87. The summed E-state index contributed by atoms with van der Waals surface area (Å²) in [6.45, 7) is 1.93. The van der Waals surface area contributed by atoms with Gasteiger partial charge < -0.3 is 18.9 Å². The van der Waals surface area contributed by atoms with Crippen LogP contribution >= 0.6 is 0 Å². The van der Waals surface area contributed by atoms with E-state index in [4.69, 9.17) is 18.9 Å². The second kappa shape index (κ2) is 5.85. The van der Waals surface area contributed by atoms with E-state index in [1.54, 1.807) is 28.4 Å². The Morgan fingerprint density at radius 1 is 0.900 bits per heavy atom. The summed E-state index contributed by atoms with van der Waals surface area (Å²) in [6, 6.07) is 3.87. The Bertz CT molecular complexity index is 515. The van der Waals surface area contributed by atoms with Crippen molar-refractivity contribution in [1.29, 1.82) is 0 Å².